The number of ketones is 1. The van der Waals surface area contributed by atoms with E-state index in [-0.39, 0.29) is 0 Å². The molecule has 1 nitrogen and oxygen atoms in total. The molecule has 0 atom stereocenters. The molecule has 0 saturated heterocycles. The maximum atomic E-state index is 11.1. The topological polar surface area (TPSA) is 17.1 Å². The third-order valence-electron chi connectivity index (χ3n) is 1.06. The molecule has 0 aliphatic rings. The Labute approximate surface area is 78.2 Å². The van der Waals surface area contributed by atoms with Crippen molar-refractivity contribution in [3.8, 4) is 0 Å². The van der Waals surface area contributed by atoms with Gasteiger partial charge in [-0.2, -0.15) is 24.5 Å². The number of halogens is 3. The van der Waals surface area contributed by atoms with Gasteiger partial charge in [-0.05, 0) is 10.8 Å². The first kappa shape index (κ1) is 12.2. The predicted octanol–water partition coefficient (Wildman–Crippen LogP) is 3.28. The van der Waals surface area contributed by atoms with E-state index < -0.39 is 18.4 Å². The van der Waals surface area contributed by atoms with Gasteiger partial charge in [-0.15, -0.1) is 0 Å². The molecule has 13 heavy (non-hydrogen) atoms. The molecule has 1 rings (SSSR count). The number of thiophene rings is 1. The minimum absolute atomic E-state index is 0.469. The lowest BCUT2D eigenvalue weighted by Gasteiger charge is -1.99. The van der Waals surface area contributed by atoms with Gasteiger partial charge in [0.15, 0.2) is 0 Å². The van der Waals surface area contributed by atoms with E-state index in [1.807, 2.05) is 22.9 Å². The zero-order valence-corrected chi connectivity index (χ0v) is 7.78. The average Bonchev–Trinajstić information content (AvgIpc) is 2.58. The number of Topliss-reactive ketones (excluding diaryl/α,β-unsaturated/α-hetero) is 1. The van der Waals surface area contributed by atoms with Crippen molar-refractivity contribution in [2.45, 2.75) is 19.5 Å². The predicted molar refractivity (Wildman–Crippen MR) is 45.7 cm³/mol. The first-order valence-corrected chi connectivity index (χ1v) is 4.50. The Hall–Kier alpha value is -0.840. The summed E-state index contributed by atoms with van der Waals surface area (Å²) in [5, 5.41) is 4.08. The molecule has 5 heteroatoms. The number of hydrogen-bond acceptors (Lipinski definition) is 2. The standard InChI is InChI=1S/C4H5F3O.C4H4S/c1-2-3(8)4(5,6)7;1-2-4-5-3-1/h2H2,1H3;1-4H. The van der Waals surface area contributed by atoms with Crippen LogP contribution in [-0.4, -0.2) is 12.0 Å². The van der Waals surface area contributed by atoms with Crippen molar-refractivity contribution >= 4 is 17.1 Å². The molecule has 0 aromatic carbocycles. The molecule has 0 N–H and O–H groups in total. The monoisotopic (exact) mass is 210 g/mol. The van der Waals surface area contributed by atoms with Crippen molar-refractivity contribution in [2.75, 3.05) is 0 Å². The van der Waals surface area contributed by atoms with Crippen LogP contribution in [0.4, 0.5) is 13.2 Å². The molecular formula is C8H9F3OS. The van der Waals surface area contributed by atoms with Crippen LogP contribution < -0.4 is 0 Å². The molecule has 0 unspecified atom stereocenters. The third kappa shape index (κ3) is 6.33. The molecule has 0 saturated carbocycles. The summed E-state index contributed by atoms with van der Waals surface area (Å²) in [5.74, 6) is -1.67. The summed E-state index contributed by atoms with van der Waals surface area (Å²) in [7, 11) is 0. The van der Waals surface area contributed by atoms with Crippen LogP contribution in [0.3, 0.4) is 0 Å². The normalized spacial score (nSPS) is 10.2. The summed E-state index contributed by atoms with van der Waals surface area (Å²) < 4.78 is 33.3. The fourth-order valence-electron chi connectivity index (χ4n) is 0.427. The van der Waals surface area contributed by atoms with Gasteiger partial charge in [0, 0.05) is 6.42 Å². The van der Waals surface area contributed by atoms with Crippen molar-refractivity contribution in [3.63, 3.8) is 0 Å². The lowest BCUT2D eigenvalue weighted by molar-refractivity contribution is -0.170. The highest BCUT2D eigenvalue weighted by Crippen LogP contribution is 2.16. The maximum absolute atomic E-state index is 11.1. The first-order valence-electron chi connectivity index (χ1n) is 3.55. The second-order valence-corrected chi connectivity index (χ2v) is 2.88. The van der Waals surface area contributed by atoms with E-state index in [2.05, 4.69) is 0 Å². The van der Waals surface area contributed by atoms with E-state index in [0.717, 1.165) is 0 Å². The summed E-state index contributed by atoms with van der Waals surface area (Å²) in [4.78, 5) is 9.71. The Morgan fingerprint density at radius 3 is 1.85 bits per heavy atom. The number of rotatable bonds is 1. The summed E-state index contributed by atoms with van der Waals surface area (Å²) in [6.45, 7) is 1.18. The molecule has 0 aliphatic carbocycles. The lowest BCUT2D eigenvalue weighted by Crippen LogP contribution is -2.20. The highest BCUT2D eigenvalue weighted by atomic mass is 32.1. The molecule has 0 amide bonds. The van der Waals surface area contributed by atoms with Gasteiger partial charge in [-0.25, -0.2) is 0 Å². The average molecular weight is 210 g/mol. The lowest BCUT2D eigenvalue weighted by atomic mass is 10.3. The highest BCUT2D eigenvalue weighted by molar-refractivity contribution is 7.07. The summed E-state index contributed by atoms with van der Waals surface area (Å²) in [6, 6.07) is 4.04. The SMILES string of the molecule is CCC(=O)C(F)(F)F.c1ccsc1. The van der Waals surface area contributed by atoms with Crippen LogP contribution in [0.5, 0.6) is 0 Å². The largest absolute Gasteiger partial charge is 0.449 e. The van der Waals surface area contributed by atoms with Crippen LogP contribution in [0.2, 0.25) is 0 Å². The van der Waals surface area contributed by atoms with Crippen molar-refractivity contribution in [1.82, 2.24) is 0 Å². The molecule has 1 aromatic rings. The number of alkyl halides is 3. The summed E-state index contributed by atoms with van der Waals surface area (Å²) >= 11 is 1.71. The maximum Gasteiger partial charge on any atom is 0.449 e. The van der Waals surface area contributed by atoms with E-state index >= 15 is 0 Å². The van der Waals surface area contributed by atoms with E-state index in [0.29, 0.717) is 0 Å². The molecule has 1 heterocycles. The Bertz CT molecular complexity index is 211. The van der Waals surface area contributed by atoms with Gasteiger partial charge < -0.3 is 0 Å². The van der Waals surface area contributed by atoms with Gasteiger partial charge in [0.25, 0.3) is 0 Å². The number of carbonyl (C=O) groups is 1. The number of carbonyl (C=O) groups excluding carboxylic acids is 1. The van der Waals surface area contributed by atoms with Crippen LogP contribution >= 0.6 is 11.3 Å². The molecule has 1 aromatic heterocycles. The number of hydrogen-bond donors (Lipinski definition) is 0. The van der Waals surface area contributed by atoms with Crippen molar-refractivity contribution < 1.29 is 18.0 Å². The second-order valence-electron chi connectivity index (χ2n) is 2.07. The van der Waals surface area contributed by atoms with Crippen molar-refractivity contribution in [3.05, 3.63) is 22.9 Å². The molecular weight excluding hydrogens is 201 g/mol. The molecule has 0 spiro atoms. The van der Waals surface area contributed by atoms with E-state index in [4.69, 9.17) is 0 Å². The van der Waals surface area contributed by atoms with Gasteiger partial charge in [0.2, 0.25) is 5.78 Å². The molecule has 0 bridgehead atoms. The van der Waals surface area contributed by atoms with Crippen LogP contribution in [0.15, 0.2) is 22.9 Å². The highest BCUT2D eigenvalue weighted by Gasteiger charge is 2.36. The zero-order chi connectivity index (χ0) is 10.3. The van der Waals surface area contributed by atoms with Crippen LogP contribution in [0.1, 0.15) is 13.3 Å². The minimum atomic E-state index is -4.63. The van der Waals surface area contributed by atoms with E-state index in [1.54, 1.807) is 11.3 Å². The smallest absolute Gasteiger partial charge is 0.290 e. The third-order valence-corrected chi connectivity index (χ3v) is 1.69. The Kier molecular flexibility index (Phi) is 5.37. The quantitative estimate of drug-likeness (QED) is 0.695. The summed E-state index contributed by atoms with van der Waals surface area (Å²) in [6.07, 6.45) is -5.10. The summed E-state index contributed by atoms with van der Waals surface area (Å²) in [5.41, 5.74) is 0. The van der Waals surface area contributed by atoms with Crippen LogP contribution in [0.25, 0.3) is 0 Å². The molecule has 74 valence electrons. The van der Waals surface area contributed by atoms with Crippen LogP contribution in [0, 0.1) is 0 Å². The van der Waals surface area contributed by atoms with E-state index in [1.165, 1.54) is 6.92 Å². The van der Waals surface area contributed by atoms with Crippen molar-refractivity contribution in [2.24, 2.45) is 0 Å². The second kappa shape index (κ2) is 5.75. The van der Waals surface area contributed by atoms with Gasteiger partial charge in [-0.1, -0.05) is 19.1 Å². The Balaban J connectivity index is 0.000000243. The molecule has 0 aliphatic heterocycles. The van der Waals surface area contributed by atoms with Gasteiger partial charge in [-0.3, -0.25) is 4.79 Å². The zero-order valence-electron chi connectivity index (χ0n) is 6.97. The minimum Gasteiger partial charge on any atom is -0.290 e. The first-order chi connectivity index (χ1) is 5.98. The van der Waals surface area contributed by atoms with E-state index in [9.17, 15) is 18.0 Å². The van der Waals surface area contributed by atoms with Crippen molar-refractivity contribution in [1.29, 1.82) is 0 Å². The molecule has 0 radical (unpaired) electrons. The van der Waals surface area contributed by atoms with Gasteiger partial charge >= 0.3 is 6.18 Å². The fraction of sp³-hybridized carbons (Fsp3) is 0.375. The van der Waals surface area contributed by atoms with Gasteiger partial charge in [0.1, 0.15) is 0 Å². The van der Waals surface area contributed by atoms with Gasteiger partial charge in [0.05, 0.1) is 0 Å². The Morgan fingerprint density at radius 1 is 1.31 bits per heavy atom. The molecule has 0 fully saturated rings. The Morgan fingerprint density at radius 2 is 1.77 bits per heavy atom. The fourth-order valence-corrected chi connectivity index (χ4v) is 0.881. The van der Waals surface area contributed by atoms with Crippen LogP contribution in [-0.2, 0) is 4.79 Å².